The van der Waals surface area contributed by atoms with Gasteiger partial charge in [-0.1, -0.05) is 36.5 Å². The van der Waals surface area contributed by atoms with Gasteiger partial charge >= 0.3 is 0 Å². The van der Waals surface area contributed by atoms with E-state index in [1.807, 2.05) is 6.20 Å². The highest BCUT2D eigenvalue weighted by Crippen LogP contribution is 2.32. The molecule has 0 aliphatic heterocycles. The molecule has 1 aliphatic rings. The molecule has 0 spiro atoms. The van der Waals surface area contributed by atoms with Gasteiger partial charge in [0.1, 0.15) is 5.69 Å². The Morgan fingerprint density at radius 2 is 1.70 bits per heavy atom. The van der Waals surface area contributed by atoms with Gasteiger partial charge < -0.3 is 5.73 Å². The number of nitrogens with zero attached hydrogens (tertiary/aromatic N) is 2. The molecule has 106 valence electrons. The van der Waals surface area contributed by atoms with Crippen molar-refractivity contribution in [2.45, 2.75) is 52.0 Å². The van der Waals surface area contributed by atoms with Crippen molar-refractivity contribution in [2.24, 2.45) is 0 Å². The Morgan fingerprint density at radius 3 is 2.35 bits per heavy atom. The van der Waals surface area contributed by atoms with Crippen LogP contribution in [-0.2, 0) is 0 Å². The number of nitrogen functional groups attached to an aromatic ring is 1. The fraction of sp³-hybridized carbons (Fsp3) is 0.471. The van der Waals surface area contributed by atoms with Crippen LogP contribution in [-0.4, -0.2) is 9.78 Å². The van der Waals surface area contributed by atoms with Crippen LogP contribution in [0.2, 0.25) is 0 Å². The molecule has 1 saturated carbocycles. The lowest BCUT2D eigenvalue weighted by atomic mass is 9.96. The van der Waals surface area contributed by atoms with E-state index in [0.717, 1.165) is 16.9 Å². The first kappa shape index (κ1) is 13.2. The molecule has 0 amide bonds. The number of rotatable bonds is 2. The second-order valence-electron chi connectivity index (χ2n) is 6.08. The van der Waals surface area contributed by atoms with Gasteiger partial charge in [0.05, 0.1) is 11.7 Å². The number of hydrogen-bond donors (Lipinski definition) is 1. The molecule has 0 bridgehead atoms. The molecule has 1 fully saturated rings. The molecule has 3 nitrogen and oxygen atoms in total. The highest BCUT2D eigenvalue weighted by atomic mass is 15.3. The Balaban J connectivity index is 1.95. The van der Waals surface area contributed by atoms with Crippen LogP contribution in [0.5, 0.6) is 0 Å². The second kappa shape index (κ2) is 5.31. The molecule has 0 atom stereocenters. The third kappa shape index (κ3) is 2.58. The molecular formula is C17H23N3. The van der Waals surface area contributed by atoms with Gasteiger partial charge in [0.15, 0.2) is 0 Å². The SMILES string of the molecule is Cc1cc(C)cc(-c2nn(C3CCCCC3)cc2N)c1. The summed E-state index contributed by atoms with van der Waals surface area (Å²) in [5, 5.41) is 4.78. The normalized spacial score (nSPS) is 16.5. The Kier molecular flexibility index (Phi) is 3.51. The molecule has 1 aromatic carbocycles. The van der Waals surface area contributed by atoms with Crippen LogP contribution in [0.4, 0.5) is 5.69 Å². The summed E-state index contributed by atoms with van der Waals surface area (Å²) in [4.78, 5) is 0. The molecule has 0 saturated heterocycles. The molecule has 0 radical (unpaired) electrons. The molecule has 1 aromatic heterocycles. The lowest BCUT2D eigenvalue weighted by molar-refractivity contribution is 0.330. The van der Waals surface area contributed by atoms with Gasteiger partial charge in [0.2, 0.25) is 0 Å². The smallest absolute Gasteiger partial charge is 0.115 e. The van der Waals surface area contributed by atoms with Crippen molar-refractivity contribution >= 4 is 5.69 Å². The van der Waals surface area contributed by atoms with E-state index >= 15 is 0 Å². The Bertz CT molecular complexity index is 586. The fourth-order valence-electron chi connectivity index (χ4n) is 3.27. The van der Waals surface area contributed by atoms with Crippen LogP contribution in [0, 0.1) is 13.8 Å². The average Bonchev–Trinajstić information content (AvgIpc) is 2.81. The van der Waals surface area contributed by atoms with Crippen LogP contribution < -0.4 is 5.73 Å². The standard InChI is InChI=1S/C17H23N3/c1-12-8-13(2)10-14(9-12)17-16(18)11-20(19-17)15-6-4-3-5-7-15/h8-11,15H,3-7,18H2,1-2H3. The zero-order valence-corrected chi connectivity index (χ0v) is 12.4. The van der Waals surface area contributed by atoms with Crippen molar-refractivity contribution in [3.8, 4) is 11.3 Å². The van der Waals surface area contributed by atoms with E-state index in [2.05, 4.69) is 36.7 Å². The third-order valence-corrected chi connectivity index (χ3v) is 4.20. The molecule has 0 unspecified atom stereocenters. The van der Waals surface area contributed by atoms with Crippen molar-refractivity contribution in [1.82, 2.24) is 9.78 Å². The Labute approximate surface area is 120 Å². The Hall–Kier alpha value is -1.77. The van der Waals surface area contributed by atoms with Crippen LogP contribution >= 0.6 is 0 Å². The van der Waals surface area contributed by atoms with Gasteiger partial charge in [-0.15, -0.1) is 0 Å². The van der Waals surface area contributed by atoms with Crippen LogP contribution in [0.1, 0.15) is 49.3 Å². The minimum Gasteiger partial charge on any atom is -0.396 e. The number of aromatic nitrogens is 2. The molecule has 3 rings (SSSR count). The quantitative estimate of drug-likeness (QED) is 0.885. The van der Waals surface area contributed by atoms with Crippen LogP contribution in [0.25, 0.3) is 11.3 Å². The topological polar surface area (TPSA) is 43.8 Å². The van der Waals surface area contributed by atoms with Crippen LogP contribution in [0.3, 0.4) is 0 Å². The summed E-state index contributed by atoms with van der Waals surface area (Å²) in [6.45, 7) is 4.23. The van der Waals surface area contributed by atoms with Crippen molar-refractivity contribution in [3.05, 3.63) is 35.5 Å². The first-order chi connectivity index (χ1) is 9.63. The minimum absolute atomic E-state index is 0.533. The highest BCUT2D eigenvalue weighted by Gasteiger charge is 2.18. The lowest BCUT2D eigenvalue weighted by Gasteiger charge is -2.21. The van der Waals surface area contributed by atoms with E-state index < -0.39 is 0 Å². The first-order valence-electron chi connectivity index (χ1n) is 7.57. The van der Waals surface area contributed by atoms with Crippen molar-refractivity contribution in [1.29, 1.82) is 0 Å². The van der Waals surface area contributed by atoms with Gasteiger partial charge in [-0.3, -0.25) is 4.68 Å². The number of anilines is 1. The van der Waals surface area contributed by atoms with E-state index in [0.29, 0.717) is 6.04 Å². The number of hydrogen-bond acceptors (Lipinski definition) is 2. The van der Waals surface area contributed by atoms with E-state index in [4.69, 9.17) is 10.8 Å². The van der Waals surface area contributed by atoms with E-state index in [-0.39, 0.29) is 0 Å². The Morgan fingerprint density at radius 1 is 1.05 bits per heavy atom. The largest absolute Gasteiger partial charge is 0.396 e. The van der Waals surface area contributed by atoms with Crippen molar-refractivity contribution < 1.29 is 0 Å². The summed E-state index contributed by atoms with van der Waals surface area (Å²) in [6.07, 6.45) is 8.45. The van der Waals surface area contributed by atoms with Gasteiger partial charge in [0.25, 0.3) is 0 Å². The van der Waals surface area contributed by atoms with Gasteiger partial charge in [-0.05, 0) is 38.8 Å². The molecular weight excluding hydrogens is 246 g/mol. The fourth-order valence-corrected chi connectivity index (χ4v) is 3.27. The summed E-state index contributed by atoms with van der Waals surface area (Å²) in [6, 6.07) is 7.04. The zero-order chi connectivity index (χ0) is 14.1. The maximum Gasteiger partial charge on any atom is 0.115 e. The molecule has 2 aromatic rings. The lowest BCUT2D eigenvalue weighted by Crippen LogP contribution is -2.13. The average molecular weight is 269 g/mol. The van der Waals surface area contributed by atoms with E-state index in [9.17, 15) is 0 Å². The molecule has 1 heterocycles. The number of nitrogens with two attached hydrogens (primary N) is 1. The maximum atomic E-state index is 6.20. The summed E-state index contributed by atoms with van der Waals surface area (Å²) < 4.78 is 2.10. The summed E-state index contributed by atoms with van der Waals surface area (Å²) >= 11 is 0. The minimum atomic E-state index is 0.533. The number of aryl methyl sites for hydroxylation is 2. The van der Waals surface area contributed by atoms with Gasteiger partial charge in [-0.25, -0.2) is 0 Å². The van der Waals surface area contributed by atoms with E-state index in [1.54, 1.807) is 0 Å². The van der Waals surface area contributed by atoms with Crippen LogP contribution in [0.15, 0.2) is 24.4 Å². The third-order valence-electron chi connectivity index (χ3n) is 4.20. The van der Waals surface area contributed by atoms with Gasteiger partial charge in [0, 0.05) is 11.8 Å². The van der Waals surface area contributed by atoms with Gasteiger partial charge in [-0.2, -0.15) is 5.10 Å². The van der Waals surface area contributed by atoms with Crippen molar-refractivity contribution in [2.75, 3.05) is 5.73 Å². The molecule has 1 aliphatic carbocycles. The number of benzene rings is 1. The monoisotopic (exact) mass is 269 g/mol. The summed E-state index contributed by atoms with van der Waals surface area (Å²) in [5.74, 6) is 0. The summed E-state index contributed by atoms with van der Waals surface area (Å²) in [5.41, 5.74) is 11.6. The van der Waals surface area contributed by atoms with Crippen molar-refractivity contribution in [3.63, 3.8) is 0 Å². The predicted octanol–water partition coefficient (Wildman–Crippen LogP) is 4.25. The highest BCUT2D eigenvalue weighted by molar-refractivity contribution is 5.72. The zero-order valence-electron chi connectivity index (χ0n) is 12.4. The second-order valence-corrected chi connectivity index (χ2v) is 6.08. The van der Waals surface area contributed by atoms with E-state index in [1.165, 1.54) is 43.2 Å². The molecule has 20 heavy (non-hydrogen) atoms. The molecule has 2 N–H and O–H groups in total. The maximum absolute atomic E-state index is 6.20. The molecule has 3 heteroatoms. The first-order valence-corrected chi connectivity index (χ1v) is 7.57. The predicted molar refractivity (Wildman–Crippen MR) is 83.7 cm³/mol. The summed E-state index contributed by atoms with van der Waals surface area (Å²) in [7, 11) is 0.